The predicted octanol–water partition coefficient (Wildman–Crippen LogP) is -5.48. The summed E-state index contributed by atoms with van der Waals surface area (Å²) in [6, 6.07) is 4.19. The molecule has 14 heteroatoms. The summed E-state index contributed by atoms with van der Waals surface area (Å²) < 4.78 is 11.5. The zero-order valence-corrected chi connectivity index (χ0v) is 19.5. The Balaban J connectivity index is 2.59. The second-order valence-corrected chi connectivity index (χ2v) is 8.96. The van der Waals surface area contributed by atoms with Gasteiger partial charge in [-0.3, -0.25) is 4.79 Å². The number of amides is 3. The van der Waals surface area contributed by atoms with Crippen molar-refractivity contribution in [3.63, 3.8) is 0 Å². The number of carbonyl (C=O) groups is 5. The van der Waals surface area contributed by atoms with Gasteiger partial charge >= 0.3 is 126 Å². The van der Waals surface area contributed by atoms with Crippen LogP contribution in [-0.2, 0) is 27.7 Å². The van der Waals surface area contributed by atoms with Gasteiger partial charge < -0.3 is 25.5 Å². The number of carbonyl (C=O) groups excluding carboxylic acids is 5. The van der Waals surface area contributed by atoms with E-state index in [1.165, 1.54) is 0 Å². The number of hydrogen-bond acceptors (Lipinski definition) is 9. The average Bonchev–Trinajstić information content (AvgIpc) is 2.75. The van der Waals surface area contributed by atoms with Gasteiger partial charge in [0.1, 0.15) is 6.04 Å². The number of quaternary nitrogens is 1. The van der Waals surface area contributed by atoms with E-state index in [9.17, 15) is 37.9 Å². The third kappa shape index (κ3) is 11.0. The molecule has 0 fully saturated rings. The van der Waals surface area contributed by atoms with Crippen LogP contribution in [0.15, 0.2) is 24.3 Å². The molecule has 0 spiro atoms. The van der Waals surface area contributed by atoms with Crippen LogP contribution in [0.2, 0.25) is 0 Å². The number of carboxylic acid groups (broad SMARTS) is 2. The monoisotopic (exact) mass is 529 g/mol. The fourth-order valence-electron chi connectivity index (χ4n) is 2.23. The minimum atomic E-state index is -1.52. The molecular weight excluding hydrogens is 507 g/mol. The molecule has 0 saturated heterocycles. The quantitative estimate of drug-likeness (QED) is 0.169. The first-order valence-electron chi connectivity index (χ1n) is 9.24. The summed E-state index contributed by atoms with van der Waals surface area (Å²) in [7, 11) is 0. The van der Waals surface area contributed by atoms with E-state index in [2.05, 4.69) is 21.7 Å². The molecule has 0 radical (unpaired) electrons. The number of anilines is 1. The van der Waals surface area contributed by atoms with E-state index in [1.54, 1.807) is 24.3 Å². The molecule has 12 nitrogen and oxygen atoms in total. The molecule has 1 rings (SSSR count). The van der Waals surface area contributed by atoms with Crippen molar-refractivity contribution in [3.05, 3.63) is 24.3 Å². The van der Waals surface area contributed by atoms with E-state index in [0.29, 0.717) is 10.0 Å². The van der Waals surface area contributed by atoms with Gasteiger partial charge in [0.2, 0.25) is 0 Å². The molecule has 0 aromatic heterocycles. The molecule has 0 heterocycles. The second-order valence-electron chi connectivity index (χ2n) is 6.47. The Morgan fingerprint density at radius 1 is 1.06 bits per heavy atom. The van der Waals surface area contributed by atoms with Gasteiger partial charge in [-0.05, 0) is 0 Å². The van der Waals surface area contributed by atoms with Crippen LogP contribution in [0.3, 0.4) is 0 Å². The topological polar surface area (TPSA) is 212 Å². The van der Waals surface area contributed by atoms with Crippen LogP contribution < -0.4 is 36.2 Å². The van der Waals surface area contributed by atoms with Crippen LogP contribution in [0.5, 0.6) is 0 Å². The number of aliphatic carboxylic acids is 2. The zero-order chi connectivity index (χ0) is 24.1. The molecule has 1 aromatic rings. The third-order valence-corrected chi connectivity index (χ3v) is 5.99. The summed E-state index contributed by atoms with van der Waals surface area (Å²) in [6.45, 7) is -0.761. The van der Waals surface area contributed by atoms with Gasteiger partial charge in [0.05, 0.1) is 18.5 Å². The minimum Gasteiger partial charge on any atom is -0.548 e. The molecule has 3 amide bonds. The average molecular weight is 529 g/mol. The van der Waals surface area contributed by atoms with Gasteiger partial charge in [0.25, 0.3) is 0 Å². The van der Waals surface area contributed by atoms with Crippen LogP contribution in [0.4, 0.5) is 5.69 Å². The smallest absolute Gasteiger partial charge is 0.548 e. The first-order valence-corrected chi connectivity index (χ1v) is 12.1. The van der Waals surface area contributed by atoms with E-state index in [1.807, 2.05) is 0 Å². The number of nitrogens with one attached hydrogen (secondary N) is 3. The summed E-state index contributed by atoms with van der Waals surface area (Å²) in [5.41, 5.74) is 3.83. The predicted molar refractivity (Wildman–Crippen MR) is 109 cm³/mol. The number of benzene rings is 1. The maximum atomic E-state index is 12.2. The van der Waals surface area contributed by atoms with Crippen molar-refractivity contribution in [3.8, 4) is 0 Å². The molecule has 2 atom stereocenters. The number of thioether (sulfide) groups is 1. The summed E-state index contributed by atoms with van der Waals surface area (Å²) >= 11 is -0.137. The fourth-order valence-corrected chi connectivity index (χ4v) is 3.64. The molecule has 0 aliphatic heterocycles. The maximum absolute atomic E-state index is 12.2. The van der Waals surface area contributed by atoms with Crippen molar-refractivity contribution in [2.75, 3.05) is 23.4 Å². The molecule has 0 aliphatic carbocycles. The summed E-state index contributed by atoms with van der Waals surface area (Å²) in [6.07, 6.45) is -0.344. The van der Waals surface area contributed by atoms with E-state index in [4.69, 9.17) is 0 Å². The molecule has 0 aliphatic rings. The molecule has 1 aromatic carbocycles. The van der Waals surface area contributed by atoms with Gasteiger partial charge in [-0.25, -0.2) is 0 Å². The summed E-state index contributed by atoms with van der Waals surface area (Å²) in [4.78, 5) is 57.5. The van der Waals surface area contributed by atoms with Gasteiger partial charge in [-0.15, -0.1) is 0 Å². The molecule has 32 heavy (non-hydrogen) atoms. The van der Waals surface area contributed by atoms with E-state index < -0.39 is 58.1 Å². The van der Waals surface area contributed by atoms with E-state index in [0.717, 1.165) is 11.8 Å². The normalized spacial score (nSPS) is 12.4. The van der Waals surface area contributed by atoms with Gasteiger partial charge in [0, 0.05) is 12.8 Å². The van der Waals surface area contributed by atoms with Gasteiger partial charge in [-0.2, -0.15) is 0 Å². The van der Waals surface area contributed by atoms with Crippen molar-refractivity contribution in [1.29, 1.82) is 0 Å². The van der Waals surface area contributed by atoms with Crippen LogP contribution >= 0.6 is 11.8 Å². The standard InChI is InChI=1S/C18H23AsN4O8S/c20-12(18(29)30)5-6-14(24)23-13(17(28)21-7-16(26)27)8-32-9-15(25)22-11-3-1-10(19-31)2-4-11/h1-4,12-13H,5-9,20H2,(H,21,28)(H,22,25)(H,23,24)(H,26,27)(H,29,30)/p-1. The van der Waals surface area contributed by atoms with Crippen LogP contribution in [-0.4, -0.2) is 75.5 Å². The fraction of sp³-hybridized carbons (Fsp3) is 0.389. The summed E-state index contributed by atoms with van der Waals surface area (Å²) in [5.74, 6) is -4.86. The minimum absolute atomic E-state index is 0.0504. The Hall–Kier alpha value is -2.76. The van der Waals surface area contributed by atoms with Gasteiger partial charge in [0.15, 0.2) is 0 Å². The van der Waals surface area contributed by atoms with Crippen LogP contribution in [0.25, 0.3) is 0 Å². The summed E-state index contributed by atoms with van der Waals surface area (Å²) in [5, 5.41) is 28.3. The van der Waals surface area contributed by atoms with Crippen molar-refractivity contribution in [2.45, 2.75) is 24.9 Å². The number of rotatable bonds is 14. The second kappa shape index (κ2) is 14.3. The van der Waals surface area contributed by atoms with Crippen molar-refractivity contribution < 1.29 is 43.7 Å². The van der Waals surface area contributed by atoms with Crippen LogP contribution in [0.1, 0.15) is 12.8 Å². The molecule has 2 unspecified atom stereocenters. The molecule has 6 N–H and O–H groups in total. The van der Waals surface area contributed by atoms with Crippen molar-refractivity contribution in [1.82, 2.24) is 10.6 Å². The number of hydrogen-bond donors (Lipinski definition) is 4. The van der Waals surface area contributed by atoms with Crippen molar-refractivity contribution in [2.24, 2.45) is 0 Å². The Bertz CT molecular complexity index is 852. The third-order valence-electron chi connectivity index (χ3n) is 3.89. The Morgan fingerprint density at radius 3 is 2.28 bits per heavy atom. The first-order chi connectivity index (χ1) is 15.1. The Kier molecular flexibility index (Phi) is 12.2. The van der Waals surface area contributed by atoms with E-state index >= 15 is 0 Å². The van der Waals surface area contributed by atoms with Crippen LogP contribution in [0, 0.1) is 0 Å². The first kappa shape index (κ1) is 27.3. The SMILES string of the molecule is [NH3+]C(CCC(=O)NC(CSCC(=O)Nc1ccc([As]=O)cc1)C(=O)NCC(=O)[O-])C(=O)[O-]. The Labute approximate surface area is 194 Å². The van der Waals surface area contributed by atoms with E-state index in [-0.39, 0.29) is 30.3 Å². The van der Waals surface area contributed by atoms with Crippen molar-refractivity contribution >= 4 is 67.2 Å². The Morgan fingerprint density at radius 2 is 1.72 bits per heavy atom. The molecule has 174 valence electrons. The molecule has 0 bridgehead atoms. The number of carboxylic acids is 2. The zero-order valence-electron chi connectivity index (χ0n) is 16.8. The van der Waals surface area contributed by atoms with Gasteiger partial charge in [-0.1, -0.05) is 0 Å². The molecular formula is C18H22AsN4O8S-. The molecule has 0 saturated carbocycles.